The number of halogens is 2. The predicted molar refractivity (Wildman–Crippen MR) is 131 cm³/mol. The minimum Gasteiger partial charge on any atom is -0.354 e. The van der Waals surface area contributed by atoms with Gasteiger partial charge in [0.05, 0.1) is 0 Å². The third-order valence-electron chi connectivity index (χ3n) is 6.74. The van der Waals surface area contributed by atoms with Crippen LogP contribution in [-0.2, 0) is 0 Å². The molecule has 2 saturated heterocycles. The lowest BCUT2D eigenvalue weighted by atomic mass is 10.0. The van der Waals surface area contributed by atoms with Crippen LogP contribution in [0.5, 0.6) is 0 Å². The van der Waals surface area contributed by atoms with Gasteiger partial charge in [0.2, 0.25) is 0 Å². The molecule has 3 aromatic rings. The van der Waals surface area contributed by atoms with E-state index in [0.29, 0.717) is 22.5 Å². The molecule has 0 bridgehead atoms. The molecule has 2 aliphatic heterocycles. The molecule has 32 heavy (non-hydrogen) atoms. The first-order chi connectivity index (χ1) is 15.5. The summed E-state index contributed by atoms with van der Waals surface area (Å²) >= 11 is 12.1. The summed E-state index contributed by atoms with van der Waals surface area (Å²) in [6.07, 6.45) is 1.87. The molecular weight excluding hydrogens is 443 g/mol. The van der Waals surface area contributed by atoms with E-state index >= 15 is 0 Å². The number of pyridine rings is 1. The second-order valence-corrected chi connectivity index (χ2v) is 9.66. The number of piperazine rings is 1. The lowest BCUT2D eigenvalue weighted by molar-refractivity contribution is 0.0552. The largest absolute Gasteiger partial charge is 0.354 e. The third kappa shape index (κ3) is 4.17. The second-order valence-electron chi connectivity index (χ2n) is 8.78. The molecule has 2 atom stereocenters. The number of amides is 1. The van der Waals surface area contributed by atoms with Crippen LogP contribution in [0.2, 0.25) is 10.0 Å². The first-order valence-corrected chi connectivity index (χ1v) is 11.8. The highest BCUT2D eigenvalue weighted by Gasteiger charge is 2.36. The molecule has 0 saturated carbocycles. The van der Waals surface area contributed by atoms with E-state index in [1.165, 1.54) is 0 Å². The van der Waals surface area contributed by atoms with Crippen molar-refractivity contribution in [3.8, 4) is 0 Å². The number of anilines is 1. The number of hydrogen-bond acceptors (Lipinski definition) is 4. The highest BCUT2D eigenvalue weighted by molar-refractivity contribution is 6.31. The Morgan fingerprint density at radius 3 is 2.41 bits per heavy atom. The van der Waals surface area contributed by atoms with Gasteiger partial charge in [-0.2, -0.15) is 0 Å². The lowest BCUT2D eigenvalue weighted by Gasteiger charge is -2.39. The average Bonchev–Trinajstić information content (AvgIpc) is 3.20. The maximum Gasteiger partial charge on any atom is 0.253 e. The Morgan fingerprint density at radius 2 is 1.66 bits per heavy atom. The minimum absolute atomic E-state index is 0.0843. The van der Waals surface area contributed by atoms with Gasteiger partial charge in [-0.1, -0.05) is 30.1 Å². The maximum absolute atomic E-state index is 12.8. The number of fused-ring (bicyclic) bond motifs is 1. The average molecular weight is 469 g/mol. The van der Waals surface area contributed by atoms with Gasteiger partial charge < -0.3 is 9.80 Å². The van der Waals surface area contributed by atoms with E-state index in [9.17, 15) is 4.79 Å². The van der Waals surface area contributed by atoms with Crippen molar-refractivity contribution in [3.05, 3.63) is 70.3 Å². The number of carbonyl (C=O) groups excluding carboxylic acids is 1. The van der Waals surface area contributed by atoms with Gasteiger partial charge in [-0.3, -0.25) is 9.69 Å². The van der Waals surface area contributed by atoms with Crippen molar-refractivity contribution in [1.29, 1.82) is 0 Å². The van der Waals surface area contributed by atoms with Gasteiger partial charge in [-0.25, -0.2) is 4.98 Å². The van der Waals surface area contributed by atoms with E-state index < -0.39 is 0 Å². The standard InChI is InChI=1S/C25H26Cl2N4O/c1-17-15-31(24-22-7-6-21(27)14-19(22)8-9-28-24)16-23(17)29-10-12-30(13-11-29)25(32)18-2-4-20(26)5-3-18/h2-9,14,17,23H,10-13,15-16H2,1H3. The fourth-order valence-electron chi connectivity index (χ4n) is 5.01. The third-order valence-corrected chi connectivity index (χ3v) is 7.23. The number of rotatable bonds is 3. The van der Waals surface area contributed by atoms with Gasteiger partial charge in [0.1, 0.15) is 5.82 Å². The van der Waals surface area contributed by atoms with Gasteiger partial charge >= 0.3 is 0 Å². The van der Waals surface area contributed by atoms with E-state index in [1.807, 2.05) is 29.3 Å². The van der Waals surface area contributed by atoms with Crippen LogP contribution in [0.4, 0.5) is 5.82 Å². The van der Waals surface area contributed by atoms with Crippen molar-refractivity contribution in [1.82, 2.24) is 14.8 Å². The molecule has 5 rings (SSSR count). The molecule has 2 aromatic carbocycles. The van der Waals surface area contributed by atoms with Crippen LogP contribution in [0.1, 0.15) is 17.3 Å². The van der Waals surface area contributed by atoms with Crippen LogP contribution in [0.25, 0.3) is 10.8 Å². The Kier molecular flexibility index (Phi) is 5.97. The predicted octanol–water partition coefficient (Wildman–Crippen LogP) is 4.82. The summed E-state index contributed by atoms with van der Waals surface area (Å²) in [4.78, 5) is 24.4. The second kappa shape index (κ2) is 8.89. The van der Waals surface area contributed by atoms with Crippen molar-refractivity contribution in [2.75, 3.05) is 44.2 Å². The molecule has 1 aromatic heterocycles. The summed E-state index contributed by atoms with van der Waals surface area (Å²) in [7, 11) is 0. The Morgan fingerprint density at radius 1 is 0.938 bits per heavy atom. The van der Waals surface area contributed by atoms with Crippen molar-refractivity contribution in [2.24, 2.45) is 5.92 Å². The molecule has 7 heteroatoms. The maximum atomic E-state index is 12.8. The summed E-state index contributed by atoms with van der Waals surface area (Å²) in [5.74, 6) is 1.64. The zero-order chi connectivity index (χ0) is 22.2. The molecular formula is C25H26Cl2N4O. The molecule has 0 N–H and O–H groups in total. The molecule has 1 amide bonds. The first-order valence-electron chi connectivity index (χ1n) is 11.1. The molecule has 0 radical (unpaired) electrons. The van der Waals surface area contributed by atoms with Gasteiger partial charge in [-0.15, -0.1) is 0 Å². The summed E-state index contributed by atoms with van der Waals surface area (Å²) in [6, 6.07) is 15.6. The van der Waals surface area contributed by atoms with E-state index in [0.717, 1.165) is 60.9 Å². The summed E-state index contributed by atoms with van der Waals surface area (Å²) in [5.41, 5.74) is 0.699. The molecule has 2 aliphatic rings. The van der Waals surface area contributed by atoms with Gasteiger partial charge in [-0.05, 0) is 59.8 Å². The summed E-state index contributed by atoms with van der Waals surface area (Å²) in [5, 5.41) is 3.65. The minimum atomic E-state index is 0.0843. The zero-order valence-electron chi connectivity index (χ0n) is 18.0. The summed E-state index contributed by atoms with van der Waals surface area (Å²) in [6.45, 7) is 7.51. The van der Waals surface area contributed by atoms with Crippen molar-refractivity contribution >= 4 is 45.7 Å². The Labute approximate surface area is 198 Å². The van der Waals surface area contributed by atoms with Crippen molar-refractivity contribution in [2.45, 2.75) is 13.0 Å². The normalized spacial score (nSPS) is 22.0. The Balaban J connectivity index is 1.25. The molecule has 3 heterocycles. The van der Waals surface area contributed by atoms with Crippen LogP contribution in [0.3, 0.4) is 0 Å². The van der Waals surface area contributed by atoms with Crippen LogP contribution in [-0.4, -0.2) is 66.0 Å². The molecule has 166 valence electrons. The van der Waals surface area contributed by atoms with Gasteiger partial charge in [0, 0.05) is 72.5 Å². The van der Waals surface area contributed by atoms with Crippen LogP contribution < -0.4 is 4.90 Å². The van der Waals surface area contributed by atoms with Crippen LogP contribution in [0, 0.1) is 5.92 Å². The van der Waals surface area contributed by atoms with Crippen molar-refractivity contribution in [3.63, 3.8) is 0 Å². The smallest absolute Gasteiger partial charge is 0.253 e. The number of benzene rings is 2. The molecule has 2 fully saturated rings. The van der Waals surface area contributed by atoms with Gasteiger partial charge in [0.25, 0.3) is 5.91 Å². The fourth-order valence-corrected chi connectivity index (χ4v) is 5.32. The van der Waals surface area contributed by atoms with E-state index in [-0.39, 0.29) is 5.91 Å². The van der Waals surface area contributed by atoms with Crippen LogP contribution in [0.15, 0.2) is 54.7 Å². The summed E-state index contributed by atoms with van der Waals surface area (Å²) < 4.78 is 0. The SMILES string of the molecule is CC1CN(c2nccc3cc(Cl)ccc23)CC1N1CCN(C(=O)c2ccc(Cl)cc2)CC1. The van der Waals surface area contributed by atoms with Crippen LogP contribution >= 0.6 is 23.2 Å². The number of hydrogen-bond donors (Lipinski definition) is 0. The first kappa shape index (κ1) is 21.5. The quantitative estimate of drug-likeness (QED) is 0.551. The molecule has 2 unspecified atom stereocenters. The lowest BCUT2D eigenvalue weighted by Crippen LogP contribution is -2.53. The van der Waals surface area contributed by atoms with Gasteiger partial charge in [0.15, 0.2) is 0 Å². The molecule has 0 spiro atoms. The molecule has 5 nitrogen and oxygen atoms in total. The fraction of sp³-hybridized carbons (Fsp3) is 0.360. The Hall–Kier alpha value is -2.34. The number of carbonyl (C=O) groups is 1. The van der Waals surface area contributed by atoms with E-state index in [2.05, 4.69) is 22.8 Å². The van der Waals surface area contributed by atoms with Crippen molar-refractivity contribution < 1.29 is 4.79 Å². The topological polar surface area (TPSA) is 39.7 Å². The number of aromatic nitrogens is 1. The highest BCUT2D eigenvalue weighted by Crippen LogP contribution is 2.32. The molecule has 0 aliphatic carbocycles. The zero-order valence-corrected chi connectivity index (χ0v) is 19.6. The number of nitrogens with zero attached hydrogens (tertiary/aromatic N) is 4. The Bertz CT molecular complexity index is 1130. The van der Waals surface area contributed by atoms with E-state index in [4.69, 9.17) is 28.2 Å². The van der Waals surface area contributed by atoms with E-state index in [1.54, 1.807) is 24.3 Å². The monoisotopic (exact) mass is 468 g/mol. The highest BCUT2D eigenvalue weighted by atomic mass is 35.5.